The van der Waals surface area contributed by atoms with Crippen LogP contribution in [0.2, 0.25) is 0 Å². The van der Waals surface area contributed by atoms with Crippen molar-refractivity contribution in [1.29, 1.82) is 0 Å². The average molecular weight is 228 g/mol. The van der Waals surface area contributed by atoms with Gasteiger partial charge in [0, 0.05) is 25.4 Å². The number of nitrogens with two attached hydrogens (primary N) is 2. The van der Waals surface area contributed by atoms with E-state index in [0.29, 0.717) is 12.8 Å². The second-order valence-corrected chi connectivity index (χ2v) is 4.72. The number of rotatable bonds is 7. The Morgan fingerprint density at radius 2 is 2.19 bits per heavy atom. The molecular weight excluding hydrogens is 208 g/mol. The first-order valence-electron chi connectivity index (χ1n) is 5.45. The lowest BCUT2D eigenvalue weighted by Gasteiger charge is -2.18. The van der Waals surface area contributed by atoms with Crippen LogP contribution in [0.1, 0.15) is 32.6 Å². The van der Waals surface area contributed by atoms with Gasteiger partial charge in [-0.2, -0.15) is 0 Å². The summed E-state index contributed by atoms with van der Waals surface area (Å²) < 4.78 is 0. The topological polar surface area (TPSA) is 114 Å². The summed E-state index contributed by atoms with van der Waals surface area (Å²) in [5.74, 6) is -0.0388. The summed E-state index contributed by atoms with van der Waals surface area (Å²) in [7, 11) is 0. The predicted octanol–water partition coefficient (Wildman–Crippen LogP) is -0.243. The highest BCUT2D eigenvalue weighted by Gasteiger charge is 2.43. The summed E-state index contributed by atoms with van der Waals surface area (Å²) in [6.07, 6.45) is 3.07. The summed E-state index contributed by atoms with van der Waals surface area (Å²) in [4.78, 5) is 10.7. The first-order chi connectivity index (χ1) is 7.47. The van der Waals surface area contributed by atoms with E-state index in [1.54, 1.807) is 0 Å². The highest BCUT2D eigenvalue weighted by Crippen LogP contribution is 2.48. The highest BCUT2D eigenvalue weighted by molar-refractivity contribution is 5.80. The third-order valence-corrected chi connectivity index (χ3v) is 2.97. The van der Waals surface area contributed by atoms with Gasteiger partial charge in [0.1, 0.15) is 5.84 Å². The third kappa shape index (κ3) is 4.06. The number of nitrogens with one attached hydrogen (secondary N) is 1. The standard InChI is InChI=1S/C10H20N4O2/c1-7(4-9(12)15)13-6-10(2-3-10)5-8(11)14-16/h7,13,16H,2-6H2,1H3,(H2,11,14)(H2,12,15). The van der Waals surface area contributed by atoms with Crippen molar-refractivity contribution >= 4 is 11.7 Å². The van der Waals surface area contributed by atoms with E-state index in [4.69, 9.17) is 16.7 Å². The van der Waals surface area contributed by atoms with Gasteiger partial charge in [-0.1, -0.05) is 5.16 Å². The summed E-state index contributed by atoms with van der Waals surface area (Å²) in [6.45, 7) is 2.70. The molecule has 1 rings (SSSR count). The van der Waals surface area contributed by atoms with Crippen molar-refractivity contribution in [1.82, 2.24) is 5.32 Å². The second-order valence-electron chi connectivity index (χ2n) is 4.72. The minimum atomic E-state index is -0.304. The van der Waals surface area contributed by atoms with Gasteiger partial charge in [0.25, 0.3) is 0 Å². The van der Waals surface area contributed by atoms with E-state index in [1.807, 2.05) is 6.92 Å². The number of amides is 1. The lowest BCUT2D eigenvalue weighted by Crippen LogP contribution is -2.36. The first-order valence-corrected chi connectivity index (χ1v) is 5.45. The van der Waals surface area contributed by atoms with Gasteiger partial charge in [-0.3, -0.25) is 4.79 Å². The molecule has 0 saturated heterocycles. The molecule has 0 radical (unpaired) electrons. The molecule has 6 heteroatoms. The van der Waals surface area contributed by atoms with Gasteiger partial charge in [-0.05, 0) is 25.2 Å². The Morgan fingerprint density at radius 1 is 1.56 bits per heavy atom. The monoisotopic (exact) mass is 228 g/mol. The molecule has 0 aliphatic heterocycles. The van der Waals surface area contributed by atoms with E-state index in [-0.39, 0.29) is 23.2 Å². The fraction of sp³-hybridized carbons (Fsp3) is 0.800. The summed E-state index contributed by atoms with van der Waals surface area (Å²) in [6, 6.07) is 0.0715. The number of primary amides is 1. The molecule has 0 aromatic heterocycles. The van der Waals surface area contributed by atoms with Crippen LogP contribution in [-0.2, 0) is 4.79 Å². The molecule has 0 heterocycles. The molecule has 0 bridgehead atoms. The van der Waals surface area contributed by atoms with Gasteiger partial charge in [-0.25, -0.2) is 0 Å². The summed E-state index contributed by atoms with van der Waals surface area (Å²) >= 11 is 0. The van der Waals surface area contributed by atoms with Crippen molar-refractivity contribution in [2.24, 2.45) is 22.0 Å². The Labute approximate surface area is 95.1 Å². The molecule has 6 nitrogen and oxygen atoms in total. The SMILES string of the molecule is CC(CC(N)=O)NCC1(CC(N)=NO)CC1. The Kier molecular flexibility index (Phi) is 4.12. The first kappa shape index (κ1) is 12.8. The van der Waals surface area contributed by atoms with Crippen LogP contribution in [0.15, 0.2) is 5.16 Å². The van der Waals surface area contributed by atoms with Crippen molar-refractivity contribution in [3.63, 3.8) is 0 Å². The van der Waals surface area contributed by atoms with Crippen LogP contribution in [0.3, 0.4) is 0 Å². The lowest BCUT2D eigenvalue weighted by molar-refractivity contribution is -0.118. The number of hydrogen-bond acceptors (Lipinski definition) is 4. The largest absolute Gasteiger partial charge is 0.409 e. The molecule has 1 saturated carbocycles. The maximum absolute atomic E-state index is 10.7. The molecule has 0 spiro atoms. The minimum absolute atomic E-state index is 0.0715. The van der Waals surface area contributed by atoms with E-state index in [2.05, 4.69) is 10.5 Å². The normalized spacial score (nSPS) is 20.4. The highest BCUT2D eigenvalue weighted by atomic mass is 16.4. The number of nitrogens with zero attached hydrogens (tertiary/aromatic N) is 1. The van der Waals surface area contributed by atoms with Crippen LogP contribution in [-0.4, -0.2) is 29.5 Å². The fourth-order valence-corrected chi connectivity index (χ4v) is 1.78. The molecule has 16 heavy (non-hydrogen) atoms. The minimum Gasteiger partial charge on any atom is -0.409 e. The van der Waals surface area contributed by atoms with Crippen LogP contribution in [0.25, 0.3) is 0 Å². The van der Waals surface area contributed by atoms with Crippen molar-refractivity contribution in [2.45, 2.75) is 38.6 Å². The van der Waals surface area contributed by atoms with E-state index in [0.717, 1.165) is 19.4 Å². The zero-order valence-corrected chi connectivity index (χ0v) is 9.57. The average Bonchev–Trinajstić information content (AvgIpc) is 2.94. The Bertz CT molecular complexity index is 287. The maximum Gasteiger partial charge on any atom is 0.218 e. The molecule has 1 fully saturated rings. The zero-order chi connectivity index (χ0) is 12.2. The van der Waals surface area contributed by atoms with E-state index in [1.165, 1.54) is 0 Å². The summed E-state index contributed by atoms with van der Waals surface area (Å²) in [5.41, 5.74) is 10.7. The van der Waals surface area contributed by atoms with E-state index in [9.17, 15) is 4.79 Å². The van der Waals surface area contributed by atoms with Crippen molar-refractivity contribution in [2.75, 3.05) is 6.54 Å². The van der Waals surface area contributed by atoms with Crippen LogP contribution in [0.5, 0.6) is 0 Å². The number of oxime groups is 1. The number of amidine groups is 1. The van der Waals surface area contributed by atoms with Crippen molar-refractivity contribution in [3.8, 4) is 0 Å². The molecule has 92 valence electrons. The van der Waals surface area contributed by atoms with Gasteiger partial charge >= 0.3 is 0 Å². The Balaban J connectivity index is 2.29. The van der Waals surface area contributed by atoms with E-state index >= 15 is 0 Å². The molecule has 1 aliphatic carbocycles. The quantitative estimate of drug-likeness (QED) is 0.208. The van der Waals surface area contributed by atoms with Crippen LogP contribution in [0.4, 0.5) is 0 Å². The molecule has 1 atom stereocenters. The predicted molar refractivity (Wildman–Crippen MR) is 61.0 cm³/mol. The molecule has 1 amide bonds. The number of hydrogen-bond donors (Lipinski definition) is 4. The molecule has 1 aliphatic rings. The molecule has 0 aromatic carbocycles. The molecular formula is C10H20N4O2. The number of carbonyl (C=O) groups excluding carboxylic acids is 1. The van der Waals surface area contributed by atoms with E-state index < -0.39 is 0 Å². The molecule has 6 N–H and O–H groups in total. The molecule has 0 aromatic rings. The van der Waals surface area contributed by atoms with Crippen molar-refractivity contribution < 1.29 is 10.0 Å². The van der Waals surface area contributed by atoms with Crippen LogP contribution in [0, 0.1) is 5.41 Å². The van der Waals surface area contributed by atoms with Crippen LogP contribution < -0.4 is 16.8 Å². The van der Waals surface area contributed by atoms with Gasteiger partial charge in [0.2, 0.25) is 5.91 Å². The van der Waals surface area contributed by atoms with Crippen LogP contribution >= 0.6 is 0 Å². The van der Waals surface area contributed by atoms with Crippen molar-refractivity contribution in [3.05, 3.63) is 0 Å². The second kappa shape index (κ2) is 5.16. The lowest BCUT2D eigenvalue weighted by atomic mass is 10.0. The van der Waals surface area contributed by atoms with Gasteiger partial charge in [0.15, 0.2) is 0 Å². The molecule has 1 unspecified atom stereocenters. The smallest absolute Gasteiger partial charge is 0.218 e. The van der Waals surface area contributed by atoms with Gasteiger partial charge in [-0.15, -0.1) is 0 Å². The Hall–Kier alpha value is -1.30. The third-order valence-electron chi connectivity index (χ3n) is 2.97. The van der Waals surface area contributed by atoms with Gasteiger partial charge in [0.05, 0.1) is 0 Å². The maximum atomic E-state index is 10.7. The zero-order valence-electron chi connectivity index (χ0n) is 9.57. The number of carbonyl (C=O) groups is 1. The summed E-state index contributed by atoms with van der Waals surface area (Å²) in [5, 5.41) is 14.7. The Morgan fingerprint density at radius 3 is 2.62 bits per heavy atom. The van der Waals surface area contributed by atoms with Gasteiger partial charge < -0.3 is 22.0 Å². The fourth-order valence-electron chi connectivity index (χ4n) is 1.78.